The minimum absolute atomic E-state index is 0.272. The molecule has 2 N–H and O–H groups in total. The molecule has 1 aromatic carbocycles. The predicted molar refractivity (Wildman–Crippen MR) is 76.6 cm³/mol. The lowest BCUT2D eigenvalue weighted by Gasteiger charge is -2.31. The topological polar surface area (TPSA) is 63.4 Å². The van der Waals surface area contributed by atoms with E-state index in [9.17, 15) is 8.42 Å². The van der Waals surface area contributed by atoms with Gasteiger partial charge in [-0.15, -0.1) is 0 Å². The van der Waals surface area contributed by atoms with E-state index >= 15 is 0 Å². The Labute approximate surface area is 119 Å². The molecule has 1 aliphatic heterocycles. The minimum atomic E-state index is -3.43. The van der Waals surface area contributed by atoms with Gasteiger partial charge in [-0.2, -0.15) is 4.31 Å². The number of piperidine rings is 1. The Morgan fingerprint density at radius 3 is 2.89 bits per heavy atom. The number of hydrogen-bond donors (Lipinski definition) is 1. The van der Waals surface area contributed by atoms with Crippen LogP contribution >= 0.6 is 11.6 Å². The van der Waals surface area contributed by atoms with E-state index in [0.717, 1.165) is 19.3 Å². The zero-order chi connectivity index (χ0) is 13.9. The molecule has 1 aromatic rings. The summed E-state index contributed by atoms with van der Waals surface area (Å²) in [5, 5.41) is 0.441. The molecule has 1 saturated heterocycles. The molecule has 0 amide bonds. The molecule has 1 atom stereocenters. The first-order valence-electron chi connectivity index (χ1n) is 6.50. The Morgan fingerprint density at radius 1 is 1.42 bits per heavy atom. The number of halogens is 1. The van der Waals surface area contributed by atoms with Crippen molar-refractivity contribution in [2.75, 3.05) is 19.6 Å². The molecule has 2 rings (SSSR count). The van der Waals surface area contributed by atoms with Gasteiger partial charge in [-0.25, -0.2) is 8.42 Å². The predicted octanol–water partition coefficient (Wildman–Crippen LogP) is 2.09. The van der Waals surface area contributed by atoms with Crippen LogP contribution in [0.2, 0.25) is 5.02 Å². The van der Waals surface area contributed by atoms with E-state index in [1.807, 2.05) is 0 Å². The Kier molecular flexibility index (Phi) is 4.84. The first-order valence-corrected chi connectivity index (χ1v) is 8.31. The van der Waals surface area contributed by atoms with Gasteiger partial charge in [-0.05, 0) is 49.9 Å². The van der Waals surface area contributed by atoms with Crippen molar-refractivity contribution in [2.45, 2.75) is 24.2 Å². The van der Waals surface area contributed by atoms with E-state index in [0.29, 0.717) is 30.6 Å². The highest BCUT2D eigenvalue weighted by molar-refractivity contribution is 7.89. The van der Waals surface area contributed by atoms with Crippen LogP contribution < -0.4 is 5.73 Å². The van der Waals surface area contributed by atoms with Gasteiger partial charge in [0.25, 0.3) is 0 Å². The molecule has 0 aliphatic carbocycles. The molecule has 0 saturated carbocycles. The summed E-state index contributed by atoms with van der Waals surface area (Å²) >= 11 is 5.87. The van der Waals surface area contributed by atoms with Crippen LogP contribution in [0.3, 0.4) is 0 Å². The van der Waals surface area contributed by atoms with Gasteiger partial charge in [-0.3, -0.25) is 0 Å². The molecule has 1 aliphatic rings. The lowest BCUT2D eigenvalue weighted by Crippen LogP contribution is -2.40. The normalized spacial score (nSPS) is 21.5. The average molecular weight is 303 g/mol. The summed E-state index contributed by atoms with van der Waals surface area (Å²) < 4.78 is 26.6. The van der Waals surface area contributed by atoms with E-state index in [1.54, 1.807) is 22.5 Å². The number of hydrogen-bond acceptors (Lipinski definition) is 3. The molecule has 4 nitrogen and oxygen atoms in total. The number of nitrogens with two attached hydrogens (primary N) is 1. The van der Waals surface area contributed by atoms with Crippen LogP contribution in [0.15, 0.2) is 29.2 Å². The van der Waals surface area contributed by atoms with Crippen LogP contribution in [0.25, 0.3) is 0 Å². The van der Waals surface area contributed by atoms with Gasteiger partial charge < -0.3 is 5.73 Å². The van der Waals surface area contributed by atoms with Crippen LogP contribution in [0.4, 0.5) is 0 Å². The molecule has 6 heteroatoms. The largest absolute Gasteiger partial charge is 0.330 e. The number of nitrogens with zero attached hydrogens (tertiary/aromatic N) is 1. The van der Waals surface area contributed by atoms with Gasteiger partial charge in [0.15, 0.2) is 0 Å². The maximum Gasteiger partial charge on any atom is 0.243 e. The molecule has 19 heavy (non-hydrogen) atoms. The molecule has 1 unspecified atom stereocenters. The van der Waals surface area contributed by atoms with Crippen molar-refractivity contribution in [1.29, 1.82) is 0 Å². The van der Waals surface area contributed by atoms with Gasteiger partial charge in [0.1, 0.15) is 0 Å². The average Bonchev–Trinajstić information content (AvgIpc) is 2.39. The Hall–Kier alpha value is -0.620. The molecule has 0 bridgehead atoms. The second-order valence-electron chi connectivity index (χ2n) is 4.91. The van der Waals surface area contributed by atoms with Crippen molar-refractivity contribution in [3.8, 4) is 0 Å². The third-order valence-electron chi connectivity index (χ3n) is 3.49. The fraction of sp³-hybridized carbons (Fsp3) is 0.538. The summed E-state index contributed by atoms with van der Waals surface area (Å²) in [6.07, 6.45) is 2.82. The molecule has 1 heterocycles. The Bertz CT molecular complexity index is 531. The summed E-state index contributed by atoms with van der Waals surface area (Å²) in [6.45, 7) is 1.75. The zero-order valence-corrected chi connectivity index (χ0v) is 12.3. The van der Waals surface area contributed by atoms with Gasteiger partial charge in [0.05, 0.1) is 4.90 Å². The number of sulfonamides is 1. The fourth-order valence-corrected chi connectivity index (χ4v) is 4.35. The van der Waals surface area contributed by atoms with Crippen LogP contribution in [0, 0.1) is 5.92 Å². The highest BCUT2D eigenvalue weighted by Crippen LogP contribution is 2.26. The van der Waals surface area contributed by atoms with E-state index in [1.165, 1.54) is 6.07 Å². The van der Waals surface area contributed by atoms with Crippen LogP contribution in [0.1, 0.15) is 19.3 Å². The molecule has 0 spiro atoms. The van der Waals surface area contributed by atoms with Crippen LogP contribution in [-0.4, -0.2) is 32.4 Å². The van der Waals surface area contributed by atoms with E-state index < -0.39 is 10.0 Å². The molecular formula is C13H19ClN2O2S. The van der Waals surface area contributed by atoms with Crippen molar-refractivity contribution in [1.82, 2.24) is 4.31 Å². The second-order valence-corrected chi connectivity index (χ2v) is 7.28. The molecule has 0 radical (unpaired) electrons. The van der Waals surface area contributed by atoms with Crippen LogP contribution in [0.5, 0.6) is 0 Å². The standard InChI is InChI=1S/C13H19ClN2O2S/c14-12-4-1-5-13(9-12)19(17,18)16-8-2-3-11(10-16)6-7-15/h1,4-5,9,11H,2-3,6-8,10,15H2. The first-order chi connectivity index (χ1) is 9.04. The van der Waals surface area contributed by atoms with Crippen molar-refractivity contribution < 1.29 is 8.42 Å². The number of rotatable bonds is 4. The smallest absolute Gasteiger partial charge is 0.243 e. The Morgan fingerprint density at radius 2 is 2.21 bits per heavy atom. The lowest BCUT2D eigenvalue weighted by atomic mass is 9.96. The zero-order valence-electron chi connectivity index (χ0n) is 10.8. The lowest BCUT2D eigenvalue weighted by molar-refractivity contribution is 0.258. The summed E-state index contributed by atoms with van der Waals surface area (Å²) in [4.78, 5) is 0.272. The second kappa shape index (κ2) is 6.22. The van der Waals surface area contributed by atoms with E-state index in [4.69, 9.17) is 17.3 Å². The summed E-state index contributed by atoms with van der Waals surface area (Å²) in [5.74, 6) is 0.368. The number of benzene rings is 1. The third-order valence-corrected chi connectivity index (χ3v) is 5.59. The van der Waals surface area contributed by atoms with Gasteiger partial charge in [0, 0.05) is 18.1 Å². The minimum Gasteiger partial charge on any atom is -0.330 e. The van der Waals surface area contributed by atoms with Gasteiger partial charge in [0.2, 0.25) is 10.0 Å². The highest BCUT2D eigenvalue weighted by Gasteiger charge is 2.29. The summed E-state index contributed by atoms with van der Waals surface area (Å²) in [6, 6.07) is 6.43. The van der Waals surface area contributed by atoms with Crippen molar-refractivity contribution in [2.24, 2.45) is 11.7 Å². The van der Waals surface area contributed by atoms with Gasteiger partial charge in [-0.1, -0.05) is 17.7 Å². The van der Waals surface area contributed by atoms with Crippen molar-refractivity contribution >= 4 is 21.6 Å². The quantitative estimate of drug-likeness (QED) is 0.926. The maximum absolute atomic E-state index is 12.5. The van der Waals surface area contributed by atoms with Crippen LogP contribution in [-0.2, 0) is 10.0 Å². The third kappa shape index (κ3) is 3.48. The summed E-state index contributed by atoms with van der Waals surface area (Å²) in [5.41, 5.74) is 5.56. The van der Waals surface area contributed by atoms with E-state index in [-0.39, 0.29) is 4.90 Å². The van der Waals surface area contributed by atoms with Crippen molar-refractivity contribution in [3.63, 3.8) is 0 Å². The van der Waals surface area contributed by atoms with E-state index in [2.05, 4.69) is 0 Å². The fourth-order valence-electron chi connectivity index (χ4n) is 2.49. The maximum atomic E-state index is 12.5. The molecular weight excluding hydrogens is 284 g/mol. The van der Waals surface area contributed by atoms with Crippen molar-refractivity contribution in [3.05, 3.63) is 29.3 Å². The first kappa shape index (κ1) is 14.8. The van der Waals surface area contributed by atoms with Gasteiger partial charge >= 0.3 is 0 Å². The monoisotopic (exact) mass is 302 g/mol. The highest BCUT2D eigenvalue weighted by atomic mass is 35.5. The molecule has 0 aromatic heterocycles. The SMILES string of the molecule is NCCC1CCCN(S(=O)(=O)c2cccc(Cl)c2)C1. The Balaban J connectivity index is 2.19. The molecule has 106 valence electrons. The summed E-state index contributed by atoms with van der Waals surface area (Å²) in [7, 11) is -3.43. The molecule has 1 fully saturated rings.